The number of benzene rings is 2. The molecule has 26 heavy (non-hydrogen) atoms. The van der Waals surface area contributed by atoms with Crippen LogP contribution in [0.15, 0.2) is 36.4 Å². The number of nitro groups is 1. The smallest absolute Gasteiger partial charge is 0.293 e. The number of carbonyl (C=O) groups excluding carboxylic acids is 1. The number of rotatable bonds is 4. The minimum absolute atomic E-state index is 0.0950. The van der Waals surface area contributed by atoms with E-state index in [9.17, 15) is 14.9 Å². The average Bonchev–Trinajstić information content (AvgIpc) is 2.65. The predicted molar refractivity (Wildman–Crippen MR) is 100 cm³/mol. The van der Waals surface area contributed by atoms with Crippen LogP contribution < -0.4 is 10.2 Å². The van der Waals surface area contributed by atoms with Gasteiger partial charge in [-0.3, -0.25) is 14.9 Å². The highest BCUT2D eigenvalue weighted by atomic mass is 35.5. The lowest BCUT2D eigenvalue weighted by Crippen LogP contribution is -2.36. The highest BCUT2D eigenvalue weighted by Crippen LogP contribution is 2.30. The molecule has 1 heterocycles. The molecule has 1 saturated heterocycles. The topological polar surface area (TPSA) is 84.7 Å². The monoisotopic (exact) mass is 375 g/mol. The van der Waals surface area contributed by atoms with Crippen molar-refractivity contribution in [3.63, 3.8) is 0 Å². The van der Waals surface area contributed by atoms with Crippen molar-refractivity contribution >= 4 is 34.6 Å². The fourth-order valence-corrected chi connectivity index (χ4v) is 2.99. The fourth-order valence-electron chi connectivity index (χ4n) is 2.82. The molecule has 1 aliphatic rings. The van der Waals surface area contributed by atoms with Crippen LogP contribution >= 0.6 is 11.6 Å². The Hall–Kier alpha value is -2.64. The molecule has 0 atom stereocenters. The first kappa shape index (κ1) is 18.2. The fraction of sp³-hybridized carbons (Fsp3) is 0.278. The van der Waals surface area contributed by atoms with Crippen molar-refractivity contribution in [2.45, 2.75) is 6.92 Å². The largest absolute Gasteiger partial charge is 0.378 e. The van der Waals surface area contributed by atoms with Gasteiger partial charge in [0.25, 0.3) is 11.6 Å². The van der Waals surface area contributed by atoms with Gasteiger partial charge in [-0.25, -0.2) is 0 Å². The molecular formula is C18H18ClN3O4. The Morgan fingerprint density at radius 3 is 2.69 bits per heavy atom. The lowest BCUT2D eigenvalue weighted by Gasteiger charge is -2.28. The van der Waals surface area contributed by atoms with Crippen LogP contribution in [0.25, 0.3) is 0 Å². The maximum Gasteiger partial charge on any atom is 0.293 e. The van der Waals surface area contributed by atoms with Crippen LogP contribution in [-0.4, -0.2) is 37.1 Å². The third-order valence-electron chi connectivity index (χ3n) is 4.30. The van der Waals surface area contributed by atoms with Gasteiger partial charge in [0.2, 0.25) is 0 Å². The first-order chi connectivity index (χ1) is 12.5. The number of ether oxygens (including phenoxy) is 1. The van der Waals surface area contributed by atoms with Gasteiger partial charge < -0.3 is 15.0 Å². The van der Waals surface area contributed by atoms with Crippen molar-refractivity contribution in [1.29, 1.82) is 0 Å². The number of hydrogen-bond donors (Lipinski definition) is 1. The van der Waals surface area contributed by atoms with E-state index < -0.39 is 10.8 Å². The Morgan fingerprint density at radius 2 is 2.00 bits per heavy atom. The number of amides is 1. The summed E-state index contributed by atoms with van der Waals surface area (Å²) in [5, 5.41) is 14.8. The van der Waals surface area contributed by atoms with E-state index >= 15 is 0 Å². The molecule has 136 valence electrons. The summed E-state index contributed by atoms with van der Waals surface area (Å²) in [6.07, 6.45) is 0. The Kier molecular flexibility index (Phi) is 5.39. The Balaban J connectivity index is 1.88. The van der Waals surface area contributed by atoms with Crippen LogP contribution in [0.2, 0.25) is 5.02 Å². The summed E-state index contributed by atoms with van der Waals surface area (Å²) in [6.45, 7) is 3.99. The summed E-state index contributed by atoms with van der Waals surface area (Å²) < 4.78 is 5.28. The summed E-state index contributed by atoms with van der Waals surface area (Å²) in [5.74, 6) is -0.424. The van der Waals surface area contributed by atoms with Gasteiger partial charge in [0, 0.05) is 35.4 Å². The van der Waals surface area contributed by atoms with E-state index in [-0.39, 0.29) is 11.3 Å². The second-order valence-electron chi connectivity index (χ2n) is 5.93. The first-order valence-electron chi connectivity index (χ1n) is 8.15. The van der Waals surface area contributed by atoms with E-state index in [2.05, 4.69) is 5.32 Å². The van der Waals surface area contributed by atoms with Crippen molar-refractivity contribution in [3.8, 4) is 0 Å². The van der Waals surface area contributed by atoms with Crippen molar-refractivity contribution in [2.75, 3.05) is 36.5 Å². The number of nitro benzene ring substituents is 1. The van der Waals surface area contributed by atoms with E-state index in [4.69, 9.17) is 16.3 Å². The molecule has 1 fully saturated rings. The van der Waals surface area contributed by atoms with Crippen LogP contribution in [0.3, 0.4) is 0 Å². The molecule has 3 rings (SSSR count). The molecule has 0 unspecified atom stereocenters. The second kappa shape index (κ2) is 7.72. The number of nitrogens with one attached hydrogen (secondary N) is 1. The van der Waals surface area contributed by atoms with Crippen molar-refractivity contribution in [2.24, 2.45) is 0 Å². The molecule has 0 bridgehead atoms. The van der Waals surface area contributed by atoms with Crippen LogP contribution in [0, 0.1) is 17.0 Å². The Bertz CT molecular complexity index is 850. The molecule has 1 aliphatic heterocycles. The molecular weight excluding hydrogens is 358 g/mol. The van der Waals surface area contributed by atoms with Gasteiger partial charge in [-0.15, -0.1) is 0 Å². The number of halogens is 1. The van der Waals surface area contributed by atoms with Crippen LogP contribution in [-0.2, 0) is 4.74 Å². The maximum absolute atomic E-state index is 12.5. The van der Waals surface area contributed by atoms with Crippen LogP contribution in [0.4, 0.5) is 17.1 Å². The van der Waals surface area contributed by atoms with Crippen LogP contribution in [0.1, 0.15) is 15.9 Å². The molecule has 0 saturated carbocycles. The van der Waals surface area contributed by atoms with Gasteiger partial charge in [0.15, 0.2) is 0 Å². The zero-order valence-electron chi connectivity index (χ0n) is 14.2. The number of nitrogens with zero attached hydrogens (tertiary/aromatic N) is 2. The normalized spacial score (nSPS) is 14.2. The van der Waals surface area contributed by atoms with E-state index in [1.165, 1.54) is 6.07 Å². The van der Waals surface area contributed by atoms with E-state index in [0.29, 0.717) is 42.7 Å². The lowest BCUT2D eigenvalue weighted by molar-refractivity contribution is -0.384. The Labute approximate surface area is 155 Å². The van der Waals surface area contributed by atoms with Gasteiger partial charge in [0.1, 0.15) is 5.69 Å². The summed E-state index contributed by atoms with van der Waals surface area (Å²) in [7, 11) is 0. The molecule has 0 spiro atoms. The maximum atomic E-state index is 12.5. The number of carbonyl (C=O) groups is 1. The summed E-state index contributed by atoms with van der Waals surface area (Å²) >= 11 is 6.06. The molecule has 0 aliphatic carbocycles. The van der Waals surface area contributed by atoms with Gasteiger partial charge >= 0.3 is 0 Å². The zero-order valence-corrected chi connectivity index (χ0v) is 15.0. The lowest BCUT2D eigenvalue weighted by atomic mass is 10.1. The second-order valence-corrected chi connectivity index (χ2v) is 6.33. The standard InChI is InChI=1S/C18H18ClN3O4/c1-12-14(19)3-2-4-15(12)20-18(23)13-5-6-16(17(11-13)22(24)25)21-7-9-26-10-8-21/h2-6,11H,7-10H2,1H3,(H,20,23). The van der Waals surface area contributed by atoms with Crippen molar-refractivity contribution < 1.29 is 14.5 Å². The third kappa shape index (κ3) is 3.79. The SMILES string of the molecule is Cc1c(Cl)cccc1NC(=O)c1ccc(N2CCOCC2)c([N+](=O)[O-])c1. The molecule has 1 N–H and O–H groups in total. The molecule has 0 radical (unpaired) electrons. The molecule has 7 nitrogen and oxygen atoms in total. The minimum atomic E-state index is -0.466. The van der Waals surface area contributed by atoms with Crippen molar-refractivity contribution in [3.05, 3.63) is 62.7 Å². The van der Waals surface area contributed by atoms with E-state index in [1.807, 2.05) is 4.90 Å². The number of hydrogen-bond acceptors (Lipinski definition) is 5. The highest BCUT2D eigenvalue weighted by Gasteiger charge is 2.23. The molecule has 2 aromatic carbocycles. The van der Waals surface area contributed by atoms with E-state index in [1.54, 1.807) is 37.3 Å². The van der Waals surface area contributed by atoms with Gasteiger partial charge in [-0.05, 0) is 36.8 Å². The minimum Gasteiger partial charge on any atom is -0.378 e. The summed E-state index contributed by atoms with van der Waals surface area (Å²) in [6, 6.07) is 9.70. The van der Waals surface area contributed by atoms with Crippen LogP contribution in [0.5, 0.6) is 0 Å². The predicted octanol–water partition coefficient (Wildman–Crippen LogP) is 3.65. The summed E-state index contributed by atoms with van der Waals surface area (Å²) in [5.41, 5.74) is 1.92. The van der Waals surface area contributed by atoms with E-state index in [0.717, 1.165) is 5.56 Å². The van der Waals surface area contributed by atoms with Gasteiger partial charge in [-0.1, -0.05) is 17.7 Å². The molecule has 1 amide bonds. The highest BCUT2D eigenvalue weighted by molar-refractivity contribution is 6.31. The molecule has 2 aromatic rings. The average molecular weight is 376 g/mol. The van der Waals surface area contributed by atoms with Gasteiger partial charge in [-0.2, -0.15) is 0 Å². The molecule has 8 heteroatoms. The third-order valence-corrected chi connectivity index (χ3v) is 4.71. The Morgan fingerprint density at radius 1 is 1.27 bits per heavy atom. The first-order valence-corrected chi connectivity index (χ1v) is 8.53. The van der Waals surface area contributed by atoms with Crippen molar-refractivity contribution in [1.82, 2.24) is 0 Å². The van der Waals surface area contributed by atoms with Gasteiger partial charge in [0.05, 0.1) is 18.1 Å². The quantitative estimate of drug-likeness (QED) is 0.651. The number of anilines is 2. The zero-order chi connectivity index (χ0) is 18.7. The summed E-state index contributed by atoms with van der Waals surface area (Å²) in [4.78, 5) is 25.5. The number of morpholine rings is 1. The molecule has 0 aromatic heterocycles.